The van der Waals surface area contributed by atoms with E-state index in [2.05, 4.69) is 21.2 Å². The predicted molar refractivity (Wildman–Crippen MR) is 77.8 cm³/mol. The van der Waals surface area contributed by atoms with Crippen LogP contribution in [0.5, 0.6) is 0 Å². The van der Waals surface area contributed by atoms with E-state index in [1.165, 1.54) is 6.08 Å². The van der Waals surface area contributed by atoms with Crippen LogP contribution in [-0.2, 0) is 9.59 Å². The lowest BCUT2D eigenvalue weighted by molar-refractivity contribution is -0.141. The Morgan fingerprint density at radius 2 is 2.16 bits per heavy atom. The fourth-order valence-electron chi connectivity index (χ4n) is 1.49. The minimum absolute atomic E-state index is 0.350. The third kappa shape index (κ3) is 4.87. The molecule has 102 valence electrons. The minimum Gasteiger partial charge on any atom is -0.480 e. The van der Waals surface area contributed by atoms with Crippen LogP contribution in [0.15, 0.2) is 28.7 Å². The molecule has 1 amide bonds. The average molecular weight is 326 g/mol. The van der Waals surface area contributed by atoms with Crippen molar-refractivity contribution in [2.45, 2.75) is 26.3 Å². The van der Waals surface area contributed by atoms with E-state index in [0.717, 1.165) is 15.6 Å². The van der Waals surface area contributed by atoms with E-state index < -0.39 is 17.9 Å². The SMILES string of the molecule is CC[C@H](NC(=O)/C=C/c1ccc(C)cc1Br)C(=O)O. The topological polar surface area (TPSA) is 66.4 Å². The van der Waals surface area contributed by atoms with Gasteiger partial charge in [-0.15, -0.1) is 0 Å². The van der Waals surface area contributed by atoms with Crippen molar-refractivity contribution in [3.8, 4) is 0 Å². The molecule has 0 unspecified atom stereocenters. The summed E-state index contributed by atoms with van der Waals surface area (Å²) in [7, 11) is 0. The molecule has 1 aromatic rings. The Morgan fingerprint density at radius 3 is 2.68 bits per heavy atom. The molecular weight excluding hydrogens is 310 g/mol. The van der Waals surface area contributed by atoms with Gasteiger partial charge in [0.1, 0.15) is 6.04 Å². The van der Waals surface area contributed by atoms with Gasteiger partial charge in [-0.1, -0.05) is 35.0 Å². The second-order valence-corrected chi connectivity index (χ2v) is 5.02. The summed E-state index contributed by atoms with van der Waals surface area (Å²) in [4.78, 5) is 22.4. The van der Waals surface area contributed by atoms with Crippen LogP contribution in [0.4, 0.5) is 0 Å². The van der Waals surface area contributed by atoms with Crippen LogP contribution >= 0.6 is 15.9 Å². The molecule has 2 N–H and O–H groups in total. The fourth-order valence-corrected chi connectivity index (χ4v) is 2.12. The van der Waals surface area contributed by atoms with Gasteiger partial charge in [-0.2, -0.15) is 0 Å². The number of carbonyl (C=O) groups excluding carboxylic acids is 1. The first-order valence-corrected chi connectivity index (χ1v) is 6.71. The number of carbonyl (C=O) groups is 2. The number of aryl methyl sites for hydroxylation is 1. The quantitative estimate of drug-likeness (QED) is 0.818. The number of rotatable bonds is 5. The molecule has 0 aliphatic heterocycles. The second kappa shape index (κ2) is 7.09. The molecule has 1 aromatic carbocycles. The summed E-state index contributed by atoms with van der Waals surface area (Å²) in [6, 6.07) is 4.93. The smallest absolute Gasteiger partial charge is 0.326 e. The molecule has 19 heavy (non-hydrogen) atoms. The van der Waals surface area contributed by atoms with Crippen molar-refractivity contribution in [1.29, 1.82) is 0 Å². The van der Waals surface area contributed by atoms with E-state index in [1.807, 2.05) is 25.1 Å². The molecule has 1 atom stereocenters. The lowest BCUT2D eigenvalue weighted by atomic mass is 10.1. The van der Waals surface area contributed by atoms with E-state index in [1.54, 1.807) is 13.0 Å². The normalized spacial score (nSPS) is 12.4. The van der Waals surface area contributed by atoms with Gasteiger partial charge in [-0.05, 0) is 36.6 Å². The van der Waals surface area contributed by atoms with Gasteiger partial charge < -0.3 is 10.4 Å². The number of carboxylic acids is 1. The van der Waals surface area contributed by atoms with Crippen molar-refractivity contribution in [3.05, 3.63) is 39.9 Å². The van der Waals surface area contributed by atoms with E-state index in [4.69, 9.17) is 5.11 Å². The predicted octanol–water partition coefficient (Wildman–Crippen LogP) is 2.75. The molecule has 0 bridgehead atoms. The monoisotopic (exact) mass is 325 g/mol. The van der Waals surface area contributed by atoms with Crippen molar-refractivity contribution in [1.82, 2.24) is 5.32 Å². The van der Waals surface area contributed by atoms with Crippen molar-refractivity contribution < 1.29 is 14.7 Å². The molecule has 0 saturated carbocycles. The van der Waals surface area contributed by atoms with Crippen LogP contribution in [-0.4, -0.2) is 23.0 Å². The van der Waals surface area contributed by atoms with Crippen LogP contribution < -0.4 is 5.32 Å². The van der Waals surface area contributed by atoms with E-state index in [9.17, 15) is 9.59 Å². The largest absolute Gasteiger partial charge is 0.480 e. The highest BCUT2D eigenvalue weighted by atomic mass is 79.9. The molecule has 0 aliphatic rings. The highest BCUT2D eigenvalue weighted by molar-refractivity contribution is 9.10. The van der Waals surface area contributed by atoms with Crippen molar-refractivity contribution in [2.24, 2.45) is 0 Å². The number of nitrogens with one attached hydrogen (secondary N) is 1. The second-order valence-electron chi connectivity index (χ2n) is 4.17. The van der Waals surface area contributed by atoms with Gasteiger partial charge in [0.25, 0.3) is 0 Å². The Hall–Kier alpha value is -1.62. The first-order valence-electron chi connectivity index (χ1n) is 5.91. The number of benzene rings is 1. The van der Waals surface area contributed by atoms with Crippen molar-refractivity contribution in [2.75, 3.05) is 0 Å². The molecule has 5 heteroatoms. The summed E-state index contributed by atoms with van der Waals surface area (Å²) < 4.78 is 0.891. The van der Waals surface area contributed by atoms with E-state index in [0.29, 0.717) is 6.42 Å². The highest BCUT2D eigenvalue weighted by Crippen LogP contribution is 2.19. The maximum atomic E-state index is 11.6. The molecule has 0 spiro atoms. The first kappa shape index (κ1) is 15.4. The fraction of sp³-hybridized carbons (Fsp3) is 0.286. The first-order chi connectivity index (χ1) is 8.93. The Kier molecular flexibility index (Phi) is 5.76. The molecule has 0 radical (unpaired) electrons. The zero-order chi connectivity index (χ0) is 14.4. The highest BCUT2D eigenvalue weighted by Gasteiger charge is 2.15. The zero-order valence-corrected chi connectivity index (χ0v) is 12.4. The molecule has 0 fully saturated rings. The summed E-state index contributed by atoms with van der Waals surface area (Å²) >= 11 is 3.41. The maximum Gasteiger partial charge on any atom is 0.326 e. The van der Waals surface area contributed by atoms with Crippen molar-refractivity contribution >= 4 is 33.9 Å². The number of carboxylic acid groups (broad SMARTS) is 1. The Labute approximate surface area is 120 Å². The number of aliphatic carboxylic acids is 1. The Morgan fingerprint density at radius 1 is 1.47 bits per heavy atom. The van der Waals surface area contributed by atoms with Crippen LogP contribution in [0.2, 0.25) is 0 Å². The van der Waals surface area contributed by atoms with Gasteiger partial charge in [0.15, 0.2) is 0 Å². The van der Waals surface area contributed by atoms with E-state index >= 15 is 0 Å². The summed E-state index contributed by atoms with van der Waals surface area (Å²) in [6.45, 7) is 3.68. The van der Waals surface area contributed by atoms with Gasteiger partial charge >= 0.3 is 5.97 Å². The standard InChI is InChI=1S/C14H16BrNO3/c1-3-12(14(18)19)16-13(17)7-6-10-5-4-9(2)8-11(10)15/h4-8,12H,3H2,1-2H3,(H,16,17)(H,18,19)/b7-6+/t12-/m0/s1. The number of hydrogen-bond acceptors (Lipinski definition) is 2. The summed E-state index contributed by atoms with van der Waals surface area (Å²) in [5, 5.41) is 11.3. The molecule has 0 heterocycles. The molecule has 0 aliphatic carbocycles. The van der Waals surface area contributed by atoms with Crippen LogP contribution in [0.1, 0.15) is 24.5 Å². The van der Waals surface area contributed by atoms with Gasteiger partial charge in [-0.25, -0.2) is 4.79 Å². The van der Waals surface area contributed by atoms with Gasteiger partial charge in [-0.3, -0.25) is 4.79 Å². The third-order valence-electron chi connectivity index (χ3n) is 2.59. The van der Waals surface area contributed by atoms with Crippen LogP contribution in [0, 0.1) is 6.92 Å². The Balaban J connectivity index is 2.70. The van der Waals surface area contributed by atoms with Crippen LogP contribution in [0.3, 0.4) is 0 Å². The Bertz CT molecular complexity index is 511. The molecule has 0 saturated heterocycles. The summed E-state index contributed by atoms with van der Waals surface area (Å²) in [5.41, 5.74) is 1.98. The molecular formula is C14H16BrNO3. The molecule has 4 nitrogen and oxygen atoms in total. The van der Waals surface area contributed by atoms with Gasteiger partial charge in [0.05, 0.1) is 0 Å². The maximum absolute atomic E-state index is 11.6. The van der Waals surface area contributed by atoms with E-state index in [-0.39, 0.29) is 0 Å². The minimum atomic E-state index is -1.03. The zero-order valence-electron chi connectivity index (χ0n) is 10.8. The molecule has 1 rings (SSSR count). The average Bonchev–Trinajstić information content (AvgIpc) is 2.34. The lowest BCUT2D eigenvalue weighted by Gasteiger charge is -2.09. The number of halogens is 1. The lowest BCUT2D eigenvalue weighted by Crippen LogP contribution is -2.39. The number of amides is 1. The third-order valence-corrected chi connectivity index (χ3v) is 3.28. The molecule has 0 aromatic heterocycles. The summed E-state index contributed by atoms with van der Waals surface area (Å²) in [6.07, 6.45) is 3.33. The van der Waals surface area contributed by atoms with Crippen LogP contribution in [0.25, 0.3) is 6.08 Å². The summed E-state index contributed by atoms with van der Waals surface area (Å²) in [5.74, 6) is -1.44. The van der Waals surface area contributed by atoms with Crippen molar-refractivity contribution in [3.63, 3.8) is 0 Å². The number of hydrogen-bond donors (Lipinski definition) is 2. The van der Waals surface area contributed by atoms with Gasteiger partial charge in [0.2, 0.25) is 5.91 Å². The van der Waals surface area contributed by atoms with Gasteiger partial charge in [0, 0.05) is 10.5 Å².